The van der Waals surface area contributed by atoms with E-state index >= 15 is 0 Å². The fourth-order valence-electron chi connectivity index (χ4n) is 2.80. The van der Waals surface area contributed by atoms with Crippen molar-refractivity contribution >= 4 is 66.3 Å². The molecule has 0 spiro atoms. The number of benzene rings is 2. The zero-order chi connectivity index (χ0) is 25.1. The molecule has 2 aromatic carbocycles. The Balaban J connectivity index is 1.84. The summed E-state index contributed by atoms with van der Waals surface area (Å²) in [5.74, 6) is -0.865. The Hall–Kier alpha value is -2.99. The van der Waals surface area contributed by atoms with Crippen LogP contribution >= 0.6 is 23.2 Å². The number of amides is 2. The van der Waals surface area contributed by atoms with E-state index in [0.29, 0.717) is 5.02 Å². The largest absolute Gasteiger partial charge is 0.321 e. The molecular formula is C21H18Cl2N4O5S2. The number of nitrogens with zero attached hydrogens (tertiary/aromatic N) is 2. The number of halogens is 2. The van der Waals surface area contributed by atoms with E-state index in [9.17, 15) is 22.2 Å². The Bertz CT molecular complexity index is 1480. The van der Waals surface area contributed by atoms with Crippen LogP contribution in [0.15, 0.2) is 69.5 Å². The highest BCUT2D eigenvalue weighted by atomic mass is 35.5. The molecule has 0 aliphatic rings. The van der Waals surface area contributed by atoms with Gasteiger partial charge in [-0.3, -0.25) is 9.59 Å². The lowest BCUT2D eigenvalue weighted by atomic mass is 10.1. The number of carbonyl (C=O) groups excluding carboxylic acids is 2. The predicted molar refractivity (Wildman–Crippen MR) is 133 cm³/mol. The number of hydrogen-bond donors (Lipinski definition) is 2. The Morgan fingerprint density at radius 2 is 1.50 bits per heavy atom. The van der Waals surface area contributed by atoms with Crippen LogP contribution < -0.4 is 10.6 Å². The lowest BCUT2D eigenvalue weighted by Gasteiger charge is -2.12. The molecular weight excluding hydrogens is 523 g/mol. The molecule has 0 saturated carbocycles. The molecule has 1 aromatic heterocycles. The van der Waals surface area contributed by atoms with Crippen LogP contribution in [-0.4, -0.2) is 41.9 Å². The fraction of sp³-hybridized carbons (Fsp3) is 0.0952. The van der Waals surface area contributed by atoms with Crippen LogP contribution in [0.1, 0.15) is 20.7 Å². The molecule has 1 unspecified atom stereocenters. The molecule has 13 heteroatoms. The number of aromatic nitrogens is 1. The maximum atomic E-state index is 12.8. The quantitative estimate of drug-likeness (QED) is 0.478. The van der Waals surface area contributed by atoms with Crippen LogP contribution in [0.2, 0.25) is 10.0 Å². The number of carbonyl (C=O) groups is 2. The predicted octanol–water partition coefficient (Wildman–Crippen LogP) is 4.31. The minimum Gasteiger partial charge on any atom is -0.321 e. The fourth-order valence-corrected chi connectivity index (χ4v) is 6.14. The molecule has 1 atom stereocenters. The normalized spacial score (nSPS) is 12.9. The lowest BCUT2D eigenvalue weighted by Crippen LogP contribution is -2.18. The smallest absolute Gasteiger partial charge is 0.258 e. The number of sulfonamides is 1. The van der Waals surface area contributed by atoms with Gasteiger partial charge in [-0.25, -0.2) is 17.6 Å². The van der Waals surface area contributed by atoms with Crippen molar-refractivity contribution in [2.24, 2.45) is 3.77 Å². The van der Waals surface area contributed by atoms with E-state index in [4.69, 9.17) is 23.2 Å². The Morgan fingerprint density at radius 3 is 2.09 bits per heavy atom. The maximum absolute atomic E-state index is 12.8. The van der Waals surface area contributed by atoms with Crippen molar-refractivity contribution in [3.05, 3.63) is 82.0 Å². The number of hydrogen-bond acceptors (Lipinski definition) is 6. The van der Waals surface area contributed by atoms with Crippen LogP contribution in [-0.2, 0) is 19.8 Å². The van der Waals surface area contributed by atoms with Crippen molar-refractivity contribution in [2.45, 2.75) is 4.90 Å². The summed E-state index contributed by atoms with van der Waals surface area (Å²) in [5.41, 5.74) is 0.466. The summed E-state index contributed by atoms with van der Waals surface area (Å²) in [6, 6.07) is 12.9. The summed E-state index contributed by atoms with van der Waals surface area (Å²) < 4.78 is 38.7. The van der Waals surface area contributed by atoms with Gasteiger partial charge in [0.05, 0.1) is 32.3 Å². The molecule has 3 aromatic rings. The van der Waals surface area contributed by atoms with Crippen LogP contribution in [0.5, 0.6) is 0 Å². The Labute approximate surface area is 206 Å². The van der Waals surface area contributed by atoms with Crippen molar-refractivity contribution in [1.29, 1.82) is 0 Å². The first-order valence-electron chi connectivity index (χ1n) is 9.41. The van der Waals surface area contributed by atoms with E-state index in [1.807, 2.05) is 0 Å². The van der Waals surface area contributed by atoms with E-state index in [2.05, 4.69) is 19.4 Å². The van der Waals surface area contributed by atoms with Crippen molar-refractivity contribution in [3.8, 4) is 0 Å². The van der Waals surface area contributed by atoms with E-state index in [1.165, 1.54) is 61.0 Å². The van der Waals surface area contributed by atoms with Crippen molar-refractivity contribution < 1.29 is 22.2 Å². The van der Waals surface area contributed by atoms with Crippen molar-refractivity contribution in [3.63, 3.8) is 0 Å². The molecule has 2 amide bonds. The summed E-state index contributed by atoms with van der Waals surface area (Å²) in [7, 11) is -7.03. The maximum Gasteiger partial charge on any atom is 0.258 e. The standard InChI is InChI=1S/C21H18Cl2N4O5S2/c1-33(30,27-34(2,31)32)16-7-3-13(4-8-16)20(28)25-18-9-5-14(22)11-17(18)21(29)26-19-10-6-15(23)12-24-19/h3-12H,1-2H3,(H,25,28)(H,24,26,29). The molecule has 34 heavy (non-hydrogen) atoms. The van der Waals surface area contributed by atoms with E-state index in [0.717, 1.165) is 6.26 Å². The second-order valence-corrected chi connectivity index (χ2v) is 12.1. The van der Waals surface area contributed by atoms with E-state index < -0.39 is 31.6 Å². The minimum absolute atomic E-state index is 0.0951. The zero-order valence-corrected chi connectivity index (χ0v) is 20.9. The summed E-state index contributed by atoms with van der Waals surface area (Å²) in [4.78, 5) is 29.7. The first-order chi connectivity index (χ1) is 15.8. The average Bonchev–Trinajstić information content (AvgIpc) is 2.75. The van der Waals surface area contributed by atoms with Gasteiger partial charge < -0.3 is 10.6 Å². The third kappa shape index (κ3) is 6.76. The molecule has 2 N–H and O–H groups in total. The molecule has 0 saturated heterocycles. The zero-order valence-electron chi connectivity index (χ0n) is 17.8. The van der Waals surface area contributed by atoms with Crippen molar-refractivity contribution in [2.75, 3.05) is 23.1 Å². The summed E-state index contributed by atoms with van der Waals surface area (Å²) >= 11 is 11.8. The highest BCUT2D eigenvalue weighted by Crippen LogP contribution is 2.23. The van der Waals surface area contributed by atoms with Gasteiger partial charge in [0.1, 0.15) is 5.82 Å². The molecule has 0 radical (unpaired) electrons. The molecule has 0 bridgehead atoms. The van der Waals surface area contributed by atoms with Crippen molar-refractivity contribution in [1.82, 2.24) is 4.98 Å². The minimum atomic E-state index is -3.83. The van der Waals surface area contributed by atoms with Crippen LogP contribution in [0, 0.1) is 0 Å². The molecule has 178 valence electrons. The summed E-state index contributed by atoms with van der Waals surface area (Å²) in [6.07, 6.45) is 3.41. The lowest BCUT2D eigenvalue weighted by molar-refractivity contribution is 0.102. The molecule has 0 fully saturated rings. The first-order valence-corrected chi connectivity index (χ1v) is 13.9. The Kier molecular flexibility index (Phi) is 7.61. The number of nitrogens with one attached hydrogen (secondary N) is 2. The van der Waals surface area contributed by atoms with Gasteiger partial charge in [0.15, 0.2) is 0 Å². The number of pyridine rings is 1. The number of rotatable bonds is 6. The summed E-state index contributed by atoms with van der Waals surface area (Å²) in [6.45, 7) is 0. The Morgan fingerprint density at radius 1 is 0.853 bits per heavy atom. The van der Waals surface area contributed by atoms with E-state index in [1.54, 1.807) is 6.07 Å². The third-order valence-electron chi connectivity index (χ3n) is 4.27. The van der Waals surface area contributed by atoms with Gasteiger partial charge in [-0.1, -0.05) is 23.2 Å². The third-order valence-corrected chi connectivity index (χ3v) is 8.10. The second kappa shape index (κ2) is 10.1. The molecule has 9 nitrogen and oxygen atoms in total. The van der Waals surface area contributed by atoms with Gasteiger partial charge in [0, 0.05) is 27.9 Å². The van der Waals surface area contributed by atoms with Crippen LogP contribution in [0.4, 0.5) is 11.5 Å². The first kappa shape index (κ1) is 25.6. The van der Waals surface area contributed by atoms with Gasteiger partial charge >= 0.3 is 0 Å². The monoisotopic (exact) mass is 540 g/mol. The van der Waals surface area contributed by atoms with Gasteiger partial charge in [-0.05, 0) is 54.6 Å². The van der Waals surface area contributed by atoms with Crippen LogP contribution in [0.25, 0.3) is 0 Å². The highest BCUT2D eigenvalue weighted by molar-refractivity contribution is 8.02. The van der Waals surface area contributed by atoms with Gasteiger partial charge in [-0.15, -0.1) is 3.77 Å². The number of anilines is 2. The van der Waals surface area contributed by atoms with Gasteiger partial charge in [0.2, 0.25) is 0 Å². The molecule has 0 aliphatic carbocycles. The molecule has 0 aliphatic heterocycles. The van der Waals surface area contributed by atoms with Gasteiger partial charge in [0.25, 0.3) is 21.8 Å². The van der Waals surface area contributed by atoms with Gasteiger partial charge in [-0.2, -0.15) is 0 Å². The second-order valence-electron chi connectivity index (χ2n) is 7.09. The highest BCUT2D eigenvalue weighted by Gasteiger charge is 2.17. The average molecular weight is 541 g/mol. The topological polar surface area (TPSA) is 135 Å². The van der Waals surface area contributed by atoms with Crippen LogP contribution in [0.3, 0.4) is 0 Å². The molecule has 3 rings (SSSR count). The molecule has 1 heterocycles. The van der Waals surface area contributed by atoms with E-state index in [-0.39, 0.29) is 32.6 Å². The SMILES string of the molecule is CS(=O)(=O)N=S(C)(=O)c1ccc(C(=O)Nc2ccc(Cl)cc2C(=O)Nc2ccc(Cl)cn2)cc1. The summed E-state index contributed by atoms with van der Waals surface area (Å²) in [5, 5.41) is 5.92.